The standard InChI is InChI=1S/C20H21NO2/c1-13(2)16-11-17(22)19(14-7-4-3-5-8-14)20(23)18(16)15-9-6-10-21-12-15/h4,6-7,9-12,14,22-23H,1,3,5,8H2,2H3. The molecule has 0 amide bonds. The van der Waals surface area contributed by atoms with Gasteiger partial charge in [0, 0.05) is 35.0 Å². The molecular formula is C20H21NO2. The number of benzene rings is 1. The van der Waals surface area contributed by atoms with Gasteiger partial charge in [0.2, 0.25) is 0 Å². The monoisotopic (exact) mass is 307 g/mol. The first-order valence-corrected chi connectivity index (χ1v) is 7.91. The third kappa shape index (κ3) is 2.87. The molecular weight excluding hydrogens is 286 g/mol. The molecule has 0 aliphatic heterocycles. The van der Waals surface area contributed by atoms with E-state index in [1.807, 2.05) is 19.1 Å². The lowest BCUT2D eigenvalue weighted by Gasteiger charge is -2.23. The van der Waals surface area contributed by atoms with Gasteiger partial charge in [0.1, 0.15) is 11.5 Å². The van der Waals surface area contributed by atoms with Gasteiger partial charge in [-0.05, 0) is 43.9 Å². The second kappa shape index (κ2) is 6.29. The Bertz CT molecular complexity index is 763. The van der Waals surface area contributed by atoms with Crippen LogP contribution in [0.2, 0.25) is 0 Å². The number of aromatic hydroxyl groups is 2. The van der Waals surface area contributed by atoms with Crippen molar-refractivity contribution in [1.82, 2.24) is 4.98 Å². The van der Waals surface area contributed by atoms with Crippen molar-refractivity contribution in [1.29, 1.82) is 0 Å². The van der Waals surface area contributed by atoms with Crippen molar-refractivity contribution < 1.29 is 10.2 Å². The molecule has 3 nitrogen and oxygen atoms in total. The third-order valence-electron chi connectivity index (χ3n) is 4.35. The van der Waals surface area contributed by atoms with E-state index in [0.29, 0.717) is 11.1 Å². The minimum Gasteiger partial charge on any atom is -0.507 e. The lowest BCUT2D eigenvalue weighted by atomic mass is 9.84. The summed E-state index contributed by atoms with van der Waals surface area (Å²) >= 11 is 0. The maximum absolute atomic E-state index is 10.9. The van der Waals surface area contributed by atoms with Crippen molar-refractivity contribution in [3.05, 3.63) is 60.5 Å². The van der Waals surface area contributed by atoms with Crippen molar-refractivity contribution in [2.45, 2.75) is 32.1 Å². The number of phenolic OH excluding ortho intramolecular Hbond substituents is 2. The molecule has 2 N–H and O–H groups in total. The van der Waals surface area contributed by atoms with E-state index >= 15 is 0 Å². The van der Waals surface area contributed by atoms with Crippen molar-refractivity contribution >= 4 is 5.57 Å². The Morgan fingerprint density at radius 3 is 2.78 bits per heavy atom. The lowest BCUT2D eigenvalue weighted by Crippen LogP contribution is -2.02. The van der Waals surface area contributed by atoms with Gasteiger partial charge in [-0.3, -0.25) is 4.98 Å². The molecule has 1 atom stereocenters. The van der Waals surface area contributed by atoms with Crippen LogP contribution in [0, 0.1) is 0 Å². The molecule has 1 aromatic heterocycles. The van der Waals surface area contributed by atoms with Crippen molar-refractivity contribution in [2.75, 3.05) is 0 Å². The van der Waals surface area contributed by atoms with Crippen LogP contribution in [0.3, 0.4) is 0 Å². The zero-order valence-corrected chi connectivity index (χ0v) is 13.3. The summed E-state index contributed by atoms with van der Waals surface area (Å²) in [6.07, 6.45) is 10.7. The molecule has 1 aliphatic carbocycles. The van der Waals surface area contributed by atoms with E-state index in [4.69, 9.17) is 0 Å². The van der Waals surface area contributed by atoms with Crippen molar-refractivity contribution in [2.24, 2.45) is 0 Å². The molecule has 1 aliphatic rings. The molecule has 23 heavy (non-hydrogen) atoms. The SMILES string of the molecule is C=C(C)c1cc(O)c(C2C=CCCC2)c(O)c1-c1cccnc1. The first-order chi connectivity index (χ1) is 11.1. The van der Waals surface area contributed by atoms with E-state index in [1.165, 1.54) is 0 Å². The summed E-state index contributed by atoms with van der Waals surface area (Å²) in [5.41, 5.74) is 3.66. The van der Waals surface area contributed by atoms with Gasteiger partial charge < -0.3 is 10.2 Å². The van der Waals surface area contributed by atoms with Crippen LogP contribution >= 0.6 is 0 Å². The smallest absolute Gasteiger partial charge is 0.131 e. The predicted octanol–water partition coefficient (Wildman–Crippen LogP) is 5.02. The molecule has 1 unspecified atom stereocenters. The summed E-state index contributed by atoms with van der Waals surface area (Å²) in [5, 5.41) is 21.4. The fourth-order valence-corrected chi connectivity index (χ4v) is 3.23. The highest BCUT2D eigenvalue weighted by molar-refractivity contribution is 5.86. The van der Waals surface area contributed by atoms with Crippen LogP contribution in [-0.2, 0) is 0 Å². The maximum atomic E-state index is 10.9. The van der Waals surface area contributed by atoms with Crippen molar-refractivity contribution in [3.8, 4) is 22.6 Å². The number of hydrogen-bond donors (Lipinski definition) is 2. The summed E-state index contributed by atoms with van der Waals surface area (Å²) in [5.74, 6) is 0.301. The summed E-state index contributed by atoms with van der Waals surface area (Å²) in [7, 11) is 0. The molecule has 3 heteroatoms. The average Bonchev–Trinajstić information content (AvgIpc) is 2.56. The van der Waals surface area contributed by atoms with Gasteiger partial charge in [-0.25, -0.2) is 0 Å². The van der Waals surface area contributed by atoms with E-state index in [1.54, 1.807) is 18.5 Å². The molecule has 0 spiro atoms. The lowest BCUT2D eigenvalue weighted by molar-refractivity contribution is 0.430. The quantitative estimate of drug-likeness (QED) is 0.783. The maximum Gasteiger partial charge on any atom is 0.131 e. The minimum atomic E-state index is 0.0401. The van der Waals surface area contributed by atoms with Gasteiger partial charge in [0.05, 0.1) is 0 Å². The van der Waals surface area contributed by atoms with Crippen molar-refractivity contribution in [3.63, 3.8) is 0 Å². The number of pyridine rings is 1. The first kappa shape index (κ1) is 15.3. The van der Waals surface area contributed by atoms with Crippen LogP contribution in [0.25, 0.3) is 16.7 Å². The van der Waals surface area contributed by atoms with Crippen LogP contribution in [0.1, 0.15) is 43.2 Å². The van der Waals surface area contributed by atoms with E-state index in [-0.39, 0.29) is 17.4 Å². The second-order valence-corrected chi connectivity index (χ2v) is 6.07. The topological polar surface area (TPSA) is 53.4 Å². The second-order valence-electron chi connectivity index (χ2n) is 6.07. The van der Waals surface area contributed by atoms with Crippen LogP contribution in [0.15, 0.2) is 49.3 Å². The van der Waals surface area contributed by atoms with Gasteiger partial charge in [-0.2, -0.15) is 0 Å². The summed E-state index contributed by atoms with van der Waals surface area (Å²) in [4.78, 5) is 4.15. The van der Waals surface area contributed by atoms with E-state index < -0.39 is 0 Å². The summed E-state index contributed by atoms with van der Waals surface area (Å²) in [6, 6.07) is 5.46. The van der Waals surface area contributed by atoms with Gasteiger partial charge in [0.15, 0.2) is 0 Å². The fraction of sp³-hybridized carbons (Fsp3) is 0.250. The van der Waals surface area contributed by atoms with Crippen LogP contribution in [0.5, 0.6) is 11.5 Å². The van der Waals surface area contributed by atoms with E-state index in [0.717, 1.165) is 36.0 Å². The molecule has 0 fully saturated rings. The van der Waals surface area contributed by atoms with E-state index in [2.05, 4.69) is 23.7 Å². The third-order valence-corrected chi connectivity index (χ3v) is 4.35. The Morgan fingerprint density at radius 1 is 1.35 bits per heavy atom. The molecule has 0 saturated carbocycles. The number of phenols is 2. The number of allylic oxidation sites excluding steroid dienone is 3. The highest BCUT2D eigenvalue weighted by Gasteiger charge is 2.24. The molecule has 0 radical (unpaired) electrons. The van der Waals surface area contributed by atoms with Crippen LogP contribution in [-0.4, -0.2) is 15.2 Å². The highest BCUT2D eigenvalue weighted by Crippen LogP contribution is 2.47. The summed E-state index contributed by atoms with van der Waals surface area (Å²) < 4.78 is 0. The Morgan fingerprint density at radius 2 is 2.17 bits per heavy atom. The molecule has 1 heterocycles. The molecule has 3 rings (SSSR count). The normalized spacial score (nSPS) is 17.2. The first-order valence-electron chi connectivity index (χ1n) is 7.91. The fourth-order valence-electron chi connectivity index (χ4n) is 3.23. The van der Waals surface area contributed by atoms with Crippen LogP contribution < -0.4 is 0 Å². The molecule has 1 aromatic carbocycles. The van der Waals surface area contributed by atoms with Gasteiger partial charge >= 0.3 is 0 Å². The van der Waals surface area contributed by atoms with Gasteiger partial charge in [0.25, 0.3) is 0 Å². The highest BCUT2D eigenvalue weighted by atomic mass is 16.3. The van der Waals surface area contributed by atoms with E-state index in [9.17, 15) is 10.2 Å². The number of aromatic nitrogens is 1. The largest absolute Gasteiger partial charge is 0.507 e. The molecule has 2 aromatic rings. The zero-order valence-electron chi connectivity index (χ0n) is 13.3. The Balaban J connectivity index is 2.25. The minimum absolute atomic E-state index is 0.0401. The van der Waals surface area contributed by atoms with Crippen LogP contribution in [0.4, 0.5) is 0 Å². The Kier molecular flexibility index (Phi) is 4.20. The Hall–Kier alpha value is -2.55. The number of hydrogen-bond acceptors (Lipinski definition) is 3. The molecule has 0 bridgehead atoms. The average molecular weight is 307 g/mol. The zero-order chi connectivity index (χ0) is 16.4. The number of rotatable bonds is 3. The summed E-state index contributed by atoms with van der Waals surface area (Å²) in [6.45, 7) is 5.85. The van der Waals surface area contributed by atoms with Gasteiger partial charge in [-0.1, -0.05) is 30.4 Å². The molecule has 0 saturated heterocycles. The Labute approximate surface area is 136 Å². The number of nitrogens with zero attached hydrogens (tertiary/aromatic N) is 1. The van der Waals surface area contributed by atoms with Gasteiger partial charge in [-0.15, -0.1) is 0 Å². The predicted molar refractivity (Wildman–Crippen MR) is 93.4 cm³/mol. The molecule has 118 valence electrons.